The SMILES string of the molecule is CC(C)(C)CCNc1ccncc1[N+](=O)[O-]. The maximum Gasteiger partial charge on any atom is 0.310 e. The number of nitro groups is 1. The van der Waals surface area contributed by atoms with Gasteiger partial charge in [0, 0.05) is 12.7 Å². The van der Waals surface area contributed by atoms with E-state index in [1.54, 1.807) is 12.3 Å². The third kappa shape index (κ3) is 3.84. The normalized spacial score (nSPS) is 11.2. The van der Waals surface area contributed by atoms with Crippen LogP contribution < -0.4 is 5.32 Å². The van der Waals surface area contributed by atoms with E-state index in [0.29, 0.717) is 12.2 Å². The molecule has 1 rings (SSSR count). The molecule has 1 N–H and O–H groups in total. The number of hydrogen-bond acceptors (Lipinski definition) is 4. The molecular formula is C11H17N3O2. The zero-order chi connectivity index (χ0) is 12.2. The first-order valence-electron chi connectivity index (χ1n) is 5.22. The number of rotatable bonds is 4. The molecule has 0 unspecified atom stereocenters. The predicted octanol–water partition coefficient (Wildman–Crippen LogP) is 2.84. The maximum atomic E-state index is 10.7. The fourth-order valence-electron chi connectivity index (χ4n) is 1.25. The standard InChI is InChI=1S/C11H17N3O2/c1-11(2,3)5-7-13-9-4-6-12-8-10(9)14(15)16/h4,6,8H,5,7H2,1-3H3,(H,12,13). The van der Waals surface area contributed by atoms with Crippen LogP contribution in [0.3, 0.4) is 0 Å². The van der Waals surface area contributed by atoms with Gasteiger partial charge in [-0.15, -0.1) is 0 Å². The Morgan fingerprint density at radius 1 is 1.50 bits per heavy atom. The van der Waals surface area contributed by atoms with Crippen molar-refractivity contribution in [3.8, 4) is 0 Å². The molecule has 0 spiro atoms. The second-order valence-electron chi connectivity index (χ2n) is 4.89. The minimum absolute atomic E-state index is 0.0245. The Labute approximate surface area is 95.0 Å². The summed E-state index contributed by atoms with van der Waals surface area (Å²) >= 11 is 0. The summed E-state index contributed by atoms with van der Waals surface area (Å²) in [5, 5.41) is 13.8. The molecule has 0 saturated heterocycles. The van der Waals surface area contributed by atoms with Crippen LogP contribution in [0.1, 0.15) is 27.2 Å². The minimum Gasteiger partial charge on any atom is -0.379 e. The molecule has 0 saturated carbocycles. The Balaban J connectivity index is 2.64. The van der Waals surface area contributed by atoms with E-state index < -0.39 is 4.92 Å². The van der Waals surface area contributed by atoms with E-state index >= 15 is 0 Å². The molecule has 0 aliphatic carbocycles. The van der Waals surface area contributed by atoms with Crippen LogP contribution in [0.5, 0.6) is 0 Å². The highest BCUT2D eigenvalue weighted by atomic mass is 16.6. The van der Waals surface area contributed by atoms with Gasteiger partial charge in [-0.05, 0) is 17.9 Å². The van der Waals surface area contributed by atoms with E-state index in [1.807, 2.05) is 0 Å². The Morgan fingerprint density at radius 2 is 2.19 bits per heavy atom. The highest BCUT2D eigenvalue weighted by Gasteiger charge is 2.14. The molecular weight excluding hydrogens is 206 g/mol. The van der Waals surface area contributed by atoms with E-state index in [2.05, 4.69) is 31.1 Å². The smallest absolute Gasteiger partial charge is 0.310 e. The number of anilines is 1. The molecule has 0 aliphatic heterocycles. The Kier molecular flexibility index (Phi) is 3.82. The van der Waals surface area contributed by atoms with E-state index in [1.165, 1.54) is 6.20 Å². The molecule has 0 aromatic carbocycles. The summed E-state index contributed by atoms with van der Waals surface area (Å²) in [5.41, 5.74) is 0.773. The molecule has 0 atom stereocenters. The van der Waals surface area contributed by atoms with Gasteiger partial charge in [-0.2, -0.15) is 0 Å². The van der Waals surface area contributed by atoms with Gasteiger partial charge in [0.2, 0.25) is 0 Å². The fourth-order valence-corrected chi connectivity index (χ4v) is 1.25. The monoisotopic (exact) mass is 223 g/mol. The molecule has 88 valence electrons. The highest BCUT2D eigenvalue weighted by molar-refractivity contribution is 5.59. The van der Waals surface area contributed by atoms with Crippen molar-refractivity contribution in [2.75, 3.05) is 11.9 Å². The lowest BCUT2D eigenvalue weighted by atomic mass is 9.92. The van der Waals surface area contributed by atoms with Crippen molar-refractivity contribution in [2.24, 2.45) is 5.41 Å². The topological polar surface area (TPSA) is 68.1 Å². The average molecular weight is 223 g/mol. The largest absolute Gasteiger partial charge is 0.379 e. The van der Waals surface area contributed by atoms with E-state index in [0.717, 1.165) is 6.42 Å². The number of hydrogen-bond donors (Lipinski definition) is 1. The number of aromatic nitrogens is 1. The molecule has 1 aromatic rings. The molecule has 0 radical (unpaired) electrons. The van der Waals surface area contributed by atoms with Gasteiger partial charge in [0.1, 0.15) is 11.9 Å². The van der Waals surface area contributed by atoms with Gasteiger partial charge in [-0.1, -0.05) is 20.8 Å². The second-order valence-corrected chi connectivity index (χ2v) is 4.89. The van der Waals surface area contributed by atoms with Crippen molar-refractivity contribution >= 4 is 11.4 Å². The van der Waals surface area contributed by atoms with Crippen LogP contribution in [0.25, 0.3) is 0 Å². The summed E-state index contributed by atoms with van der Waals surface area (Å²) in [7, 11) is 0. The van der Waals surface area contributed by atoms with Crippen LogP contribution in [0.2, 0.25) is 0 Å². The van der Waals surface area contributed by atoms with Gasteiger partial charge in [0.05, 0.1) is 4.92 Å². The summed E-state index contributed by atoms with van der Waals surface area (Å²) in [6.07, 6.45) is 3.76. The van der Waals surface area contributed by atoms with Gasteiger partial charge >= 0.3 is 5.69 Å². The average Bonchev–Trinajstić information content (AvgIpc) is 2.16. The lowest BCUT2D eigenvalue weighted by Gasteiger charge is -2.18. The van der Waals surface area contributed by atoms with Gasteiger partial charge in [0.15, 0.2) is 0 Å². The van der Waals surface area contributed by atoms with E-state index in [4.69, 9.17) is 0 Å². The maximum absolute atomic E-state index is 10.7. The first-order valence-corrected chi connectivity index (χ1v) is 5.22. The van der Waals surface area contributed by atoms with Crippen LogP contribution in [0.4, 0.5) is 11.4 Å². The molecule has 0 bridgehead atoms. The third-order valence-electron chi connectivity index (χ3n) is 2.19. The van der Waals surface area contributed by atoms with Crippen LogP contribution in [-0.4, -0.2) is 16.5 Å². The van der Waals surface area contributed by atoms with Crippen LogP contribution in [0.15, 0.2) is 18.5 Å². The zero-order valence-corrected chi connectivity index (χ0v) is 9.86. The number of nitrogens with one attached hydrogen (secondary N) is 1. The van der Waals surface area contributed by atoms with Crippen molar-refractivity contribution in [2.45, 2.75) is 27.2 Å². The van der Waals surface area contributed by atoms with Crippen molar-refractivity contribution < 1.29 is 4.92 Å². The minimum atomic E-state index is -0.424. The van der Waals surface area contributed by atoms with Gasteiger partial charge in [-0.3, -0.25) is 15.1 Å². The molecule has 16 heavy (non-hydrogen) atoms. The van der Waals surface area contributed by atoms with Gasteiger partial charge < -0.3 is 5.32 Å². The number of nitrogens with zero attached hydrogens (tertiary/aromatic N) is 2. The van der Waals surface area contributed by atoms with Gasteiger partial charge in [-0.25, -0.2) is 0 Å². The Hall–Kier alpha value is -1.65. The third-order valence-corrected chi connectivity index (χ3v) is 2.19. The van der Waals surface area contributed by atoms with Gasteiger partial charge in [0.25, 0.3) is 0 Å². The van der Waals surface area contributed by atoms with E-state index in [-0.39, 0.29) is 11.1 Å². The highest BCUT2D eigenvalue weighted by Crippen LogP contribution is 2.23. The van der Waals surface area contributed by atoms with Crippen LogP contribution in [-0.2, 0) is 0 Å². The number of pyridine rings is 1. The first kappa shape index (κ1) is 12.4. The van der Waals surface area contributed by atoms with Crippen molar-refractivity contribution in [3.05, 3.63) is 28.6 Å². The summed E-state index contributed by atoms with van der Waals surface area (Å²) in [5.74, 6) is 0. The molecule has 1 aromatic heterocycles. The molecule has 0 amide bonds. The van der Waals surface area contributed by atoms with Crippen molar-refractivity contribution in [3.63, 3.8) is 0 Å². The fraction of sp³-hybridized carbons (Fsp3) is 0.545. The molecule has 0 fully saturated rings. The predicted molar refractivity (Wildman–Crippen MR) is 63.5 cm³/mol. The molecule has 0 aliphatic rings. The lowest BCUT2D eigenvalue weighted by molar-refractivity contribution is -0.384. The van der Waals surface area contributed by atoms with Crippen molar-refractivity contribution in [1.29, 1.82) is 0 Å². The summed E-state index contributed by atoms with van der Waals surface area (Å²) in [6, 6.07) is 1.63. The summed E-state index contributed by atoms with van der Waals surface area (Å²) < 4.78 is 0. The van der Waals surface area contributed by atoms with Crippen LogP contribution in [0, 0.1) is 15.5 Å². The lowest BCUT2D eigenvalue weighted by Crippen LogP contribution is -2.13. The van der Waals surface area contributed by atoms with Crippen molar-refractivity contribution in [1.82, 2.24) is 4.98 Å². The quantitative estimate of drug-likeness (QED) is 0.629. The molecule has 5 heteroatoms. The summed E-state index contributed by atoms with van der Waals surface area (Å²) in [4.78, 5) is 14.0. The Morgan fingerprint density at radius 3 is 2.75 bits per heavy atom. The molecule has 5 nitrogen and oxygen atoms in total. The van der Waals surface area contributed by atoms with E-state index in [9.17, 15) is 10.1 Å². The molecule has 1 heterocycles. The summed E-state index contributed by atoms with van der Waals surface area (Å²) in [6.45, 7) is 7.12. The zero-order valence-electron chi connectivity index (χ0n) is 9.86. The first-order chi connectivity index (χ1) is 7.40. The van der Waals surface area contributed by atoms with Crippen LogP contribution >= 0.6 is 0 Å². The Bertz CT molecular complexity index is 372. The second kappa shape index (κ2) is 4.92.